The number of amides is 1. The molecule has 120 valence electrons. The third-order valence-corrected chi connectivity index (χ3v) is 4.34. The van der Waals surface area contributed by atoms with Gasteiger partial charge in [-0.3, -0.25) is 4.79 Å². The SMILES string of the molecule is O=C(CO)N1CCC[C@@H](c2cc(N3CCOCC3)ncn2)C1. The van der Waals surface area contributed by atoms with Crippen molar-refractivity contribution in [2.75, 3.05) is 50.9 Å². The highest BCUT2D eigenvalue weighted by Gasteiger charge is 2.26. The Labute approximate surface area is 129 Å². The van der Waals surface area contributed by atoms with Gasteiger partial charge in [-0.25, -0.2) is 9.97 Å². The third-order valence-electron chi connectivity index (χ3n) is 4.34. The van der Waals surface area contributed by atoms with Gasteiger partial charge >= 0.3 is 0 Å². The van der Waals surface area contributed by atoms with E-state index >= 15 is 0 Å². The molecule has 2 aliphatic rings. The zero-order valence-corrected chi connectivity index (χ0v) is 12.6. The highest BCUT2D eigenvalue weighted by Crippen LogP contribution is 2.27. The fourth-order valence-corrected chi connectivity index (χ4v) is 3.10. The van der Waals surface area contributed by atoms with Crippen molar-refractivity contribution in [2.45, 2.75) is 18.8 Å². The standard InChI is InChI=1S/C15H22N4O3/c20-10-15(21)19-3-1-2-12(9-19)13-8-14(17-11-16-13)18-4-6-22-7-5-18/h8,11-12,20H,1-7,9-10H2/t12-/m1/s1. The Morgan fingerprint density at radius 2 is 2.14 bits per heavy atom. The maximum absolute atomic E-state index is 11.7. The maximum atomic E-state index is 11.7. The quantitative estimate of drug-likeness (QED) is 0.847. The number of hydrogen-bond acceptors (Lipinski definition) is 6. The van der Waals surface area contributed by atoms with Crippen molar-refractivity contribution in [1.82, 2.24) is 14.9 Å². The minimum Gasteiger partial charge on any atom is -0.387 e. The highest BCUT2D eigenvalue weighted by atomic mass is 16.5. The van der Waals surface area contributed by atoms with Gasteiger partial charge in [0.1, 0.15) is 18.8 Å². The summed E-state index contributed by atoms with van der Waals surface area (Å²) in [6.07, 6.45) is 3.55. The van der Waals surface area contributed by atoms with Gasteiger partial charge in [0.05, 0.1) is 18.9 Å². The predicted octanol–water partition coefficient (Wildman–Crippen LogP) is 0.0115. The average Bonchev–Trinajstić information content (AvgIpc) is 2.62. The van der Waals surface area contributed by atoms with Crippen LogP contribution in [0.25, 0.3) is 0 Å². The number of piperidine rings is 1. The van der Waals surface area contributed by atoms with Crippen molar-refractivity contribution in [2.24, 2.45) is 0 Å². The van der Waals surface area contributed by atoms with Crippen LogP contribution in [0.5, 0.6) is 0 Å². The minimum absolute atomic E-state index is 0.202. The summed E-state index contributed by atoms with van der Waals surface area (Å²) in [5, 5.41) is 9.02. The molecule has 0 radical (unpaired) electrons. The Morgan fingerprint density at radius 3 is 2.91 bits per heavy atom. The predicted molar refractivity (Wildman–Crippen MR) is 80.7 cm³/mol. The van der Waals surface area contributed by atoms with E-state index in [0.717, 1.165) is 57.2 Å². The molecule has 1 aromatic heterocycles. The first kappa shape index (κ1) is 15.2. The van der Waals surface area contributed by atoms with Crippen LogP contribution in [0.4, 0.5) is 5.82 Å². The highest BCUT2D eigenvalue weighted by molar-refractivity contribution is 5.77. The monoisotopic (exact) mass is 306 g/mol. The number of likely N-dealkylation sites (tertiary alicyclic amines) is 1. The Kier molecular flexibility index (Phi) is 4.84. The zero-order valence-electron chi connectivity index (χ0n) is 12.6. The van der Waals surface area contributed by atoms with Crippen LogP contribution in [-0.4, -0.2) is 71.9 Å². The minimum atomic E-state index is -0.421. The van der Waals surface area contributed by atoms with E-state index in [-0.39, 0.29) is 11.8 Å². The van der Waals surface area contributed by atoms with Crippen molar-refractivity contribution in [3.63, 3.8) is 0 Å². The smallest absolute Gasteiger partial charge is 0.248 e. The van der Waals surface area contributed by atoms with Crippen molar-refractivity contribution in [3.8, 4) is 0 Å². The second-order valence-corrected chi connectivity index (χ2v) is 5.74. The van der Waals surface area contributed by atoms with Crippen molar-refractivity contribution in [1.29, 1.82) is 0 Å². The molecule has 3 heterocycles. The first-order valence-electron chi connectivity index (χ1n) is 7.81. The van der Waals surface area contributed by atoms with Gasteiger partial charge in [0.2, 0.25) is 5.91 Å². The molecule has 0 aromatic carbocycles. The largest absolute Gasteiger partial charge is 0.387 e. The van der Waals surface area contributed by atoms with E-state index < -0.39 is 6.61 Å². The van der Waals surface area contributed by atoms with Crippen molar-refractivity contribution in [3.05, 3.63) is 18.1 Å². The molecule has 7 heteroatoms. The number of aromatic nitrogens is 2. The lowest BCUT2D eigenvalue weighted by atomic mass is 9.94. The van der Waals surface area contributed by atoms with E-state index in [2.05, 4.69) is 14.9 Å². The van der Waals surface area contributed by atoms with Crippen LogP contribution < -0.4 is 4.90 Å². The van der Waals surface area contributed by atoms with Gasteiger partial charge in [-0.2, -0.15) is 0 Å². The molecule has 2 aliphatic heterocycles. The molecule has 1 aromatic rings. The molecule has 0 spiro atoms. The first-order chi connectivity index (χ1) is 10.8. The second-order valence-electron chi connectivity index (χ2n) is 5.74. The van der Waals surface area contributed by atoms with Crippen molar-refractivity contribution < 1.29 is 14.6 Å². The number of morpholine rings is 1. The number of carbonyl (C=O) groups excluding carboxylic acids is 1. The number of aliphatic hydroxyl groups excluding tert-OH is 1. The van der Waals surface area contributed by atoms with Crippen LogP contribution in [0.15, 0.2) is 12.4 Å². The van der Waals surface area contributed by atoms with Crippen LogP contribution in [0, 0.1) is 0 Å². The van der Waals surface area contributed by atoms with E-state index in [1.165, 1.54) is 0 Å². The number of nitrogens with zero attached hydrogens (tertiary/aromatic N) is 4. The lowest BCUT2D eigenvalue weighted by Crippen LogP contribution is -2.41. The molecule has 0 saturated carbocycles. The molecule has 7 nitrogen and oxygen atoms in total. The van der Waals surface area contributed by atoms with Gasteiger partial charge in [-0.1, -0.05) is 0 Å². The van der Waals surface area contributed by atoms with E-state index in [0.29, 0.717) is 6.54 Å². The number of anilines is 1. The van der Waals surface area contributed by atoms with Gasteiger partial charge in [0, 0.05) is 38.2 Å². The number of aliphatic hydroxyl groups is 1. The number of ether oxygens (including phenoxy) is 1. The third kappa shape index (κ3) is 3.36. The fraction of sp³-hybridized carbons (Fsp3) is 0.667. The van der Waals surface area contributed by atoms with Crippen molar-refractivity contribution >= 4 is 11.7 Å². The Bertz CT molecular complexity index is 519. The van der Waals surface area contributed by atoms with Gasteiger partial charge < -0.3 is 19.6 Å². The van der Waals surface area contributed by atoms with E-state index in [4.69, 9.17) is 9.84 Å². The molecule has 3 rings (SSSR count). The molecular formula is C15H22N4O3. The molecular weight excluding hydrogens is 284 g/mol. The second kappa shape index (κ2) is 7.02. The van der Waals surface area contributed by atoms with Crippen LogP contribution in [0.2, 0.25) is 0 Å². The maximum Gasteiger partial charge on any atom is 0.248 e. The summed E-state index contributed by atoms with van der Waals surface area (Å²) >= 11 is 0. The Balaban J connectivity index is 1.72. The van der Waals surface area contributed by atoms with Gasteiger partial charge in [-0.15, -0.1) is 0 Å². The topological polar surface area (TPSA) is 78.8 Å². The first-order valence-corrected chi connectivity index (χ1v) is 7.81. The van der Waals surface area contributed by atoms with Gasteiger partial charge in [-0.05, 0) is 12.8 Å². The molecule has 1 atom stereocenters. The zero-order chi connectivity index (χ0) is 15.4. The van der Waals surface area contributed by atoms with E-state index in [9.17, 15) is 4.79 Å². The molecule has 0 aliphatic carbocycles. The number of rotatable bonds is 3. The molecule has 0 bridgehead atoms. The summed E-state index contributed by atoms with van der Waals surface area (Å²) in [5.41, 5.74) is 0.979. The lowest BCUT2D eigenvalue weighted by molar-refractivity contribution is -0.135. The lowest BCUT2D eigenvalue weighted by Gasteiger charge is -2.33. The summed E-state index contributed by atoms with van der Waals surface area (Å²) in [5.74, 6) is 0.943. The average molecular weight is 306 g/mol. The van der Waals surface area contributed by atoms with Crippen LogP contribution in [0.1, 0.15) is 24.5 Å². The molecule has 22 heavy (non-hydrogen) atoms. The van der Waals surface area contributed by atoms with Gasteiger partial charge in [0.15, 0.2) is 0 Å². The summed E-state index contributed by atoms with van der Waals surface area (Å²) < 4.78 is 5.37. The molecule has 2 saturated heterocycles. The van der Waals surface area contributed by atoms with E-state index in [1.807, 2.05) is 6.07 Å². The summed E-state index contributed by atoms with van der Waals surface area (Å²) in [7, 11) is 0. The molecule has 1 N–H and O–H groups in total. The summed E-state index contributed by atoms with van der Waals surface area (Å²) in [6, 6.07) is 2.03. The normalized spacial score (nSPS) is 22.7. The molecule has 0 unspecified atom stereocenters. The number of carbonyl (C=O) groups is 1. The Hall–Kier alpha value is -1.73. The van der Waals surface area contributed by atoms with Crippen LogP contribution in [0.3, 0.4) is 0 Å². The van der Waals surface area contributed by atoms with Crippen LogP contribution >= 0.6 is 0 Å². The molecule has 2 fully saturated rings. The van der Waals surface area contributed by atoms with Crippen LogP contribution in [-0.2, 0) is 9.53 Å². The Morgan fingerprint density at radius 1 is 1.32 bits per heavy atom. The van der Waals surface area contributed by atoms with E-state index in [1.54, 1.807) is 11.2 Å². The summed E-state index contributed by atoms with van der Waals surface area (Å²) in [6.45, 7) is 4.06. The number of hydrogen-bond donors (Lipinski definition) is 1. The summed E-state index contributed by atoms with van der Waals surface area (Å²) in [4.78, 5) is 24.4. The van der Waals surface area contributed by atoms with Gasteiger partial charge in [0.25, 0.3) is 0 Å². The molecule has 1 amide bonds. The fourth-order valence-electron chi connectivity index (χ4n) is 3.10.